The summed E-state index contributed by atoms with van der Waals surface area (Å²) in [5.74, 6) is -0.164. The molecule has 1 aromatic carbocycles. The normalized spacial score (nSPS) is 11.1. The average Bonchev–Trinajstić information content (AvgIpc) is 2.96. The third-order valence-electron chi connectivity index (χ3n) is 3.28. The van der Waals surface area contributed by atoms with E-state index in [2.05, 4.69) is 10.2 Å². The summed E-state index contributed by atoms with van der Waals surface area (Å²) in [5, 5.41) is 16.5. The van der Waals surface area contributed by atoms with E-state index in [-0.39, 0.29) is 5.69 Å². The number of nitrogens with zero attached hydrogens (tertiary/aromatic N) is 1. The van der Waals surface area contributed by atoms with E-state index in [1.807, 2.05) is 32.0 Å². The third-order valence-corrected chi connectivity index (χ3v) is 3.28. The molecule has 0 saturated carbocycles. The maximum atomic E-state index is 10.9. The highest BCUT2D eigenvalue weighted by atomic mass is 16.4. The van der Waals surface area contributed by atoms with Crippen LogP contribution < -0.4 is 0 Å². The molecule has 5 nitrogen and oxygen atoms in total. The van der Waals surface area contributed by atoms with Gasteiger partial charge in [-0.2, -0.15) is 5.10 Å². The van der Waals surface area contributed by atoms with Crippen molar-refractivity contribution < 1.29 is 14.3 Å². The first kappa shape index (κ1) is 11.5. The number of hydrogen-bond donors (Lipinski definition) is 2. The number of carbonyl (C=O) groups is 1. The summed E-state index contributed by atoms with van der Waals surface area (Å²) in [4.78, 5) is 10.9. The summed E-state index contributed by atoms with van der Waals surface area (Å²) in [5.41, 5.74) is 3.38. The Balaban J connectivity index is 2.26. The fourth-order valence-corrected chi connectivity index (χ4v) is 2.20. The zero-order chi connectivity index (χ0) is 13.6. The first-order valence-electron chi connectivity index (χ1n) is 5.85. The monoisotopic (exact) mass is 256 g/mol. The van der Waals surface area contributed by atoms with Crippen LogP contribution in [0.2, 0.25) is 0 Å². The number of aromatic carboxylic acids is 1. The number of aryl methyl sites for hydroxylation is 2. The minimum Gasteiger partial charge on any atom is -0.477 e. The van der Waals surface area contributed by atoms with Gasteiger partial charge in [-0.15, -0.1) is 0 Å². The number of H-pyrrole nitrogens is 1. The Bertz CT molecular complexity index is 783. The van der Waals surface area contributed by atoms with E-state index >= 15 is 0 Å². The fourth-order valence-electron chi connectivity index (χ4n) is 2.20. The number of fused-ring (bicyclic) bond motifs is 1. The molecule has 3 rings (SSSR count). The largest absolute Gasteiger partial charge is 0.477 e. The van der Waals surface area contributed by atoms with Gasteiger partial charge < -0.3 is 9.52 Å². The maximum absolute atomic E-state index is 10.9. The molecule has 96 valence electrons. The van der Waals surface area contributed by atoms with Crippen molar-refractivity contribution in [2.45, 2.75) is 13.8 Å². The number of benzene rings is 1. The van der Waals surface area contributed by atoms with Crippen LogP contribution >= 0.6 is 0 Å². The van der Waals surface area contributed by atoms with Gasteiger partial charge in [-0.1, -0.05) is 12.1 Å². The van der Waals surface area contributed by atoms with E-state index in [9.17, 15) is 4.79 Å². The number of hydrogen-bond acceptors (Lipinski definition) is 3. The van der Waals surface area contributed by atoms with Crippen LogP contribution in [0.1, 0.15) is 21.8 Å². The molecule has 0 atom stereocenters. The SMILES string of the molecule is Cc1oc2cccc(-c3cc(C(=O)O)[nH]n3)c2c1C. The van der Waals surface area contributed by atoms with E-state index in [1.54, 1.807) is 0 Å². The van der Waals surface area contributed by atoms with Crippen molar-refractivity contribution in [2.75, 3.05) is 0 Å². The zero-order valence-electron chi connectivity index (χ0n) is 10.5. The molecule has 3 aromatic rings. The molecule has 0 amide bonds. The number of aromatic amines is 1. The molecule has 0 spiro atoms. The summed E-state index contributed by atoms with van der Waals surface area (Å²) in [6.07, 6.45) is 0. The third kappa shape index (κ3) is 1.71. The summed E-state index contributed by atoms with van der Waals surface area (Å²) in [6.45, 7) is 3.89. The number of nitrogens with one attached hydrogen (secondary N) is 1. The molecule has 2 aromatic heterocycles. The van der Waals surface area contributed by atoms with Gasteiger partial charge in [0.2, 0.25) is 0 Å². The second-order valence-corrected chi connectivity index (χ2v) is 4.43. The summed E-state index contributed by atoms with van der Waals surface area (Å²) < 4.78 is 5.66. The van der Waals surface area contributed by atoms with Crippen LogP contribution in [0.15, 0.2) is 28.7 Å². The second kappa shape index (κ2) is 3.98. The fraction of sp³-hybridized carbons (Fsp3) is 0.143. The summed E-state index contributed by atoms with van der Waals surface area (Å²) >= 11 is 0. The first-order valence-corrected chi connectivity index (χ1v) is 5.85. The standard InChI is InChI=1S/C14H12N2O3/c1-7-8(2)19-12-5-3-4-9(13(7)12)10-6-11(14(17)18)16-15-10/h3-6H,1-2H3,(H,15,16)(H,17,18). The molecule has 19 heavy (non-hydrogen) atoms. The Kier molecular flexibility index (Phi) is 2.41. The maximum Gasteiger partial charge on any atom is 0.353 e. The quantitative estimate of drug-likeness (QED) is 0.738. The summed E-state index contributed by atoms with van der Waals surface area (Å²) in [6, 6.07) is 7.20. The van der Waals surface area contributed by atoms with Crippen LogP contribution in [0.3, 0.4) is 0 Å². The van der Waals surface area contributed by atoms with Crippen LogP contribution in [-0.2, 0) is 0 Å². The van der Waals surface area contributed by atoms with Gasteiger partial charge in [0.15, 0.2) is 0 Å². The van der Waals surface area contributed by atoms with Crippen LogP contribution in [0.5, 0.6) is 0 Å². The van der Waals surface area contributed by atoms with Gasteiger partial charge in [-0.05, 0) is 31.5 Å². The first-order chi connectivity index (χ1) is 9.08. The molecule has 0 fully saturated rings. The van der Waals surface area contributed by atoms with Gasteiger partial charge in [-0.3, -0.25) is 5.10 Å². The number of aromatic nitrogens is 2. The predicted octanol–water partition coefficient (Wildman–Crippen LogP) is 3.14. The smallest absolute Gasteiger partial charge is 0.353 e. The molecule has 5 heteroatoms. The Morgan fingerprint density at radius 3 is 2.84 bits per heavy atom. The van der Waals surface area contributed by atoms with Crippen molar-refractivity contribution in [1.82, 2.24) is 10.2 Å². The highest BCUT2D eigenvalue weighted by Gasteiger charge is 2.15. The minimum absolute atomic E-state index is 0.0740. The van der Waals surface area contributed by atoms with Gasteiger partial charge >= 0.3 is 5.97 Å². The van der Waals surface area contributed by atoms with Crippen molar-refractivity contribution in [3.63, 3.8) is 0 Å². The average molecular weight is 256 g/mol. The number of rotatable bonds is 2. The Morgan fingerprint density at radius 2 is 2.16 bits per heavy atom. The highest BCUT2D eigenvalue weighted by molar-refractivity contribution is 5.97. The molecule has 0 bridgehead atoms. The van der Waals surface area contributed by atoms with Gasteiger partial charge in [-0.25, -0.2) is 4.79 Å². The van der Waals surface area contributed by atoms with Crippen molar-refractivity contribution in [1.29, 1.82) is 0 Å². The zero-order valence-corrected chi connectivity index (χ0v) is 10.5. The van der Waals surface area contributed by atoms with Crippen LogP contribution in [-0.4, -0.2) is 21.3 Å². The lowest BCUT2D eigenvalue weighted by molar-refractivity contribution is 0.0690. The second-order valence-electron chi connectivity index (χ2n) is 4.43. The molecule has 0 saturated heterocycles. The number of carboxylic acids is 1. The number of furan rings is 1. The molecular formula is C14H12N2O3. The molecular weight excluding hydrogens is 244 g/mol. The van der Waals surface area contributed by atoms with Crippen LogP contribution in [0.25, 0.3) is 22.2 Å². The topological polar surface area (TPSA) is 79.1 Å². The Labute approximate surface area is 108 Å². The van der Waals surface area contributed by atoms with Crippen molar-refractivity contribution >= 4 is 16.9 Å². The molecule has 0 aliphatic heterocycles. The lowest BCUT2D eigenvalue weighted by atomic mass is 10.0. The molecule has 2 N–H and O–H groups in total. The van der Waals surface area contributed by atoms with Gasteiger partial charge in [0.05, 0.1) is 5.69 Å². The molecule has 0 aliphatic carbocycles. The lowest BCUT2D eigenvalue weighted by Crippen LogP contribution is -1.95. The number of carboxylic acid groups (broad SMARTS) is 1. The minimum atomic E-state index is -1.02. The lowest BCUT2D eigenvalue weighted by Gasteiger charge is -1.99. The van der Waals surface area contributed by atoms with Crippen LogP contribution in [0, 0.1) is 13.8 Å². The van der Waals surface area contributed by atoms with Crippen molar-refractivity contribution in [2.24, 2.45) is 0 Å². The molecule has 0 radical (unpaired) electrons. The highest BCUT2D eigenvalue weighted by Crippen LogP contribution is 2.33. The van der Waals surface area contributed by atoms with E-state index in [0.717, 1.165) is 27.9 Å². The van der Waals surface area contributed by atoms with Gasteiger partial charge in [0, 0.05) is 10.9 Å². The molecule has 2 heterocycles. The Hall–Kier alpha value is -2.56. The summed E-state index contributed by atoms with van der Waals surface area (Å²) in [7, 11) is 0. The molecule has 0 aliphatic rings. The van der Waals surface area contributed by atoms with Crippen molar-refractivity contribution in [3.8, 4) is 11.3 Å². The predicted molar refractivity (Wildman–Crippen MR) is 70.2 cm³/mol. The van der Waals surface area contributed by atoms with Crippen LogP contribution in [0.4, 0.5) is 0 Å². The van der Waals surface area contributed by atoms with Gasteiger partial charge in [0.1, 0.15) is 17.0 Å². The van der Waals surface area contributed by atoms with Gasteiger partial charge in [0.25, 0.3) is 0 Å². The van der Waals surface area contributed by atoms with E-state index in [1.165, 1.54) is 6.07 Å². The van der Waals surface area contributed by atoms with E-state index in [0.29, 0.717) is 5.69 Å². The van der Waals surface area contributed by atoms with E-state index < -0.39 is 5.97 Å². The Morgan fingerprint density at radius 1 is 1.37 bits per heavy atom. The van der Waals surface area contributed by atoms with Crippen molar-refractivity contribution in [3.05, 3.63) is 41.3 Å². The molecule has 0 unspecified atom stereocenters. The van der Waals surface area contributed by atoms with E-state index in [4.69, 9.17) is 9.52 Å².